The number of hydrogen-bond acceptors (Lipinski definition) is 3. The number of carbonyl (C=O) groups is 2. The van der Waals surface area contributed by atoms with Crippen molar-refractivity contribution in [3.8, 4) is 0 Å². The van der Waals surface area contributed by atoms with Gasteiger partial charge in [0.15, 0.2) is 0 Å². The lowest BCUT2D eigenvalue weighted by atomic mass is 10.1. The van der Waals surface area contributed by atoms with Crippen molar-refractivity contribution in [1.29, 1.82) is 0 Å². The molecule has 0 fully saturated rings. The van der Waals surface area contributed by atoms with Crippen LogP contribution in [0.25, 0.3) is 0 Å². The summed E-state index contributed by atoms with van der Waals surface area (Å²) in [5.41, 5.74) is 2.07. The van der Waals surface area contributed by atoms with Crippen LogP contribution >= 0.6 is 23.4 Å². The molecule has 28 heavy (non-hydrogen) atoms. The number of rotatable bonds is 9. The molecule has 150 valence electrons. The summed E-state index contributed by atoms with van der Waals surface area (Å²) in [5.74, 6) is 0.851. The van der Waals surface area contributed by atoms with E-state index in [4.69, 9.17) is 11.6 Å². The maximum Gasteiger partial charge on any atom is 0.242 e. The van der Waals surface area contributed by atoms with Gasteiger partial charge in [-0.15, -0.1) is 11.8 Å². The summed E-state index contributed by atoms with van der Waals surface area (Å²) in [6.45, 7) is 5.92. The van der Waals surface area contributed by atoms with Gasteiger partial charge in [0.2, 0.25) is 11.8 Å². The van der Waals surface area contributed by atoms with Crippen molar-refractivity contribution in [2.24, 2.45) is 0 Å². The second-order valence-corrected chi connectivity index (χ2v) is 8.39. The molecular formula is C22H27ClN2O2S. The molecule has 0 saturated carbocycles. The average molecular weight is 419 g/mol. The molecule has 2 rings (SSSR count). The van der Waals surface area contributed by atoms with E-state index in [9.17, 15) is 9.59 Å². The first kappa shape index (κ1) is 22.3. The minimum Gasteiger partial charge on any atom is -0.352 e. The zero-order valence-corrected chi connectivity index (χ0v) is 18.1. The van der Waals surface area contributed by atoms with Crippen molar-refractivity contribution >= 4 is 35.2 Å². The molecule has 0 spiro atoms. The topological polar surface area (TPSA) is 49.4 Å². The van der Waals surface area contributed by atoms with E-state index < -0.39 is 6.04 Å². The van der Waals surface area contributed by atoms with Gasteiger partial charge < -0.3 is 10.2 Å². The summed E-state index contributed by atoms with van der Waals surface area (Å²) in [5, 5.41) is 3.50. The van der Waals surface area contributed by atoms with E-state index in [1.165, 1.54) is 5.56 Å². The molecule has 4 nitrogen and oxygen atoms in total. The van der Waals surface area contributed by atoms with Crippen molar-refractivity contribution in [3.63, 3.8) is 0 Å². The molecule has 2 amide bonds. The van der Waals surface area contributed by atoms with Crippen LogP contribution < -0.4 is 5.32 Å². The van der Waals surface area contributed by atoms with Gasteiger partial charge in [-0.1, -0.05) is 54.1 Å². The third-order valence-electron chi connectivity index (χ3n) is 4.18. The van der Waals surface area contributed by atoms with Crippen LogP contribution in [0, 0.1) is 0 Å². The Morgan fingerprint density at radius 1 is 1.04 bits per heavy atom. The van der Waals surface area contributed by atoms with Crippen molar-refractivity contribution in [2.45, 2.75) is 45.2 Å². The first-order valence-electron chi connectivity index (χ1n) is 9.32. The third kappa shape index (κ3) is 7.21. The number of nitrogens with one attached hydrogen (secondary N) is 1. The zero-order valence-electron chi connectivity index (χ0n) is 16.5. The van der Waals surface area contributed by atoms with Crippen LogP contribution in [0.15, 0.2) is 54.6 Å². The van der Waals surface area contributed by atoms with Crippen molar-refractivity contribution in [2.75, 3.05) is 5.75 Å². The summed E-state index contributed by atoms with van der Waals surface area (Å²) in [6.07, 6.45) is 0. The van der Waals surface area contributed by atoms with Gasteiger partial charge in [0, 0.05) is 23.4 Å². The minimum absolute atomic E-state index is 0.0190. The van der Waals surface area contributed by atoms with Crippen LogP contribution in [0.3, 0.4) is 0 Å². The van der Waals surface area contributed by atoms with Gasteiger partial charge in [-0.25, -0.2) is 0 Å². The lowest BCUT2D eigenvalue weighted by molar-refractivity contribution is -0.138. The lowest BCUT2D eigenvalue weighted by Crippen LogP contribution is -2.49. The molecule has 0 saturated heterocycles. The van der Waals surface area contributed by atoms with E-state index in [0.717, 1.165) is 11.3 Å². The predicted octanol–water partition coefficient (Wildman–Crippen LogP) is 4.52. The maximum atomic E-state index is 12.9. The lowest BCUT2D eigenvalue weighted by Gasteiger charge is -2.29. The van der Waals surface area contributed by atoms with Crippen LogP contribution in [0.2, 0.25) is 5.02 Å². The summed E-state index contributed by atoms with van der Waals surface area (Å²) < 4.78 is 0. The van der Waals surface area contributed by atoms with E-state index >= 15 is 0 Å². The standard InChI is InChI=1S/C22H27ClN2O2S/c1-16(2)24-22(27)17(3)25(13-19-10-7-11-20(23)12-19)21(26)15-28-14-18-8-5-4-6-9-18/h4-12,16-17H,13-15H2,1-3H3,(H,24,27)/t17-/m0/s1. The predicted molar refractivity (Wildman–Crippen MR) is 117 cm³/mol. The monoisotopic (exact) mass is 418 g/mol. The molecule has 0 unspecified atom stereocenters. The first-order valence-corrected chi connectivity index (χ1v) is 10.9. The van der Waals surface area contributed by atoms with Gasteiger partial charge in [-0.2, -0.15) is 0 Å². The van der Waals surface area contributed by atoms with E-state index in [1.54, 1.807) is 29.7 Å². The number of halogens is 1. The van der Waals surface area contributed by atoms with E-state index in [1.807, 2.05) is 62.4 Å². The molecule has 0 aliphatic rings. The molecule has 0 radical (unpaired) electrons. The fraction of sp³-hybridized carbons (Fsp3) is 0.364. The normalized spacial score (nSPS) is 11.9. The highest BCUT2D eigenvalue weighted by molar-refractivity contribution is 7.99. The van der Waals surface area contributed by atoms with Crippen LogP contribution in [-0.2, 0) is 21.9 Å². The second kappa shape index (κ2) is 11.1. The summed E-state index contributed by atoms with van der Waals surface area (Å²) in [6, 6.07) is 16.9. The second-order valence-electron chi connectivity index (χ2n) is 6.97. The van der Waals surface area contributed by atoms with Gasteiger partial charge in [0.05, 0.1) is 5.75 Å². The Balaban J connectivity index is 2.07. The Morgan fingerprint density at radius 3 is 2.36 bits per heavy atom. The molecule has 0 aromatic heterocycles. The smallest absolute Gasteiger partial charge is 0.242 e. The molecule has 6 heteroatoms. The minimum atomic E-state index is -0.564. The first-order chi connectivity index (χ1) is 13.4. The molecular weight excluding hydrogens is 392 g/mol. The number of hydrogen-bond donors (Lipinski definition) is 1. The Bertz CT molecular complexity index is 783. The fourth-order valence-corrected chi connectivity index (χ4v) is 3.82. The van der Waals surface area contributed by atoms with Gasteiger partial charge in [0.1, 0.15) is 6.04 Å². The van der Waals surface area contributed by atoms with Crippen LogP contribution in [0.4, 0.5) is 0 Å². The van der Waals surface area contributed by atoms with Gasteiger partial charge in [0.25, 0.3) is 0 Å². The molecule has 1 N–H and O–H groups in total. The van der Waals surface area contributed by atoms with Crippen molar-refractivity contribution in [3.05, 3.63) is 70.7 Å². The molecule has 2 aromatic rings. The van der Waals surface area contributed by atoms with Crippen LogP contribution in [-0.4, -0.2) is 34.6 Å². The fourth-order valence-electron chi connectivity index (χ4n) is 2.73. The molecule has 0 aliphatic heterocycles. The molecule has 2 aromatic carbocycles. The molecule has 0 aliphatic carbocycles. The van der Waals surface area contributed by atoms with E-state index in [-0.39, 0.29) is 17.9 Å². The zero-order chi connectivity index (χ0) is 20.5. The Labute approximate surface area is 176 Å². The Kier molecular flexibility index (Phi) is 8.87. The number of amides is 2. The number of thioether (sulfide) groups is 1. The van der Waals surface area contributed by atoms with Crippen molar-refractivity contribution in [1.82, 2.24) is 10.2 Å². The third-order valence-corrected chi connectivity index (χ3v) is 5.40. The number of benzene rings is 2. The van der Waals surface area contributed by atoms with Crippen LogP contribution in [0.1, 0.15) is 31.9 Å². The van der Waals surface area contributed by atoms with E-state index in [2.05, 4.69) is 5.32 Å². The Hall–Kier alpha value is -1.98. The molecule has 1 atom stereocenters. The summed E-state index contributed by atoms with van der Waals surface area (Å²) in [4.78, 5) is 27.1. The number of carbonyl (C=O) groups excluding carboxylic acids is 2. The average Bonchev–Trinajstić information content (AvgIpc) is 2.66. The quantitative estimate of drug-likeness (QED) is 0.651. The highest BCUT2D eigenvalue weighted by Gasteiger charge is 2.26. The van der Waals surface area contributed by atoms with Gasteiger partial charge in [-0.3, -0.25) is 9.59 Å². The number of nitrogens with zero attached hydrogens (tertiary/aromatic N) is 1. The summed E-state index contributed by atoms with van der Waals surface area (Å²) >= 11 is 7.63. The van der Waals surface area contributed by atoms with Crippen LogP contribution in [0.5, 0.6) is 0 Å². The highest BCUT2D eigenvalue weighted by atomic mass is 35.5. The summed E-state index contributed by atoms with van der Waals surface area (Å²) in [7, 11) is 0. The molecule has 0 heterocycles. The SMILES string of the molecule is CC(C)NC(=O)[C@H](C)N(Cc1cccc(Cl)c1)C(=O)CSCc1ccccc1. The van der Waals surface area contributed by atoms with Crippen molar-refractivity contribution < 1.29 is 9.59 Å². The molecule has 0 bridgehead atoms. The largest absolute Gasteiger partial charge is 0.352 e. The highest BCUT2D eigenvalue weighted by Crippen LogP contribution is 2.17. The van der Waals surface area contributed by atoms with Gasteiger partial charge in [-0.05, 0) is 44.0 Å². The van der Waals surface area contributed by atoms with Gasteiger partial charge >= 0.3 is 0 Å². The van der Waals surface area contributed by atoms with E-state index in [0.29, 0.717) is 17.3 Å². The Morgan fingerprint density at radius 2 is 1.71 bits per heavy atom. The maximum absolute atomic E-state index is 12.9.